The summed E-state index contributed by atoms with van der Waals surface area (Å²) in [6.07, 6.45) is -0.586. The number of para-hydroxylation sites is 2. The minimum Gasteiger partial charge on any atom is -0.485 e. The maximum Gasteiger partial charge on any atom is 0.264 e. The van der Waals surface area contributed by atoms with Gasteiger partial charge in [-0.25, -0.2) is 0 Å². The molecule has 0 radical (unpaired) electrons. The van der Waals surface area contributed by atoms with E-state index in [0.29, 0.717) is 18.0 Å². The second kappa shape index (κ2) is 7.22. The van der Waals surface area contributed by atoms with Crippen molar-refractivity contribution in [3.8, 4) is 11.5 Å². The third-order valence-electron chi connectivity index (χ3n) is 3.21. The standard InChI is InChI=1S/C17H17NO3S/c19-17(18-10-11-22-13-6-2-1-3-7-13)16-12-20-14-8-4-5-9-15(14)21-16/h1-9,16H,10-12H2,(H,18,19)/t16-/m1/s1. The Labute approximate surface area is 133 Å². The molecule has 1 N–H and O–H groups in total. The van der Waals surface area contributed by atoms with E-state index >= 15 is 0 Å². The summed E-state index contributed by atoms with van der Waals surface area (Å²) in [4.78, 5) is 13.3. The molecule has 1 amide bonds. The summed E-state index contributed by atoms with van der Waals surface area (Å²) in [5.74, 6) is 1.99. The van der Waals surface area contributed by atoms with Gasteiger partial charge in [0.25, 0.3) is 5.91 Å². The van der Waals surface area contributed by atoms with Gasteiger partial charge in [0.1, 0.15) is 6.61 Å². The van der Waals surface area contributed by atoms with Gasteiger partial charge < -0.3 is 14.8 Å². The summed E-state index contributed by atoms with van der Waals surface area (Å²) in [5, 5.41) is 2.89. The predicted octanol–water partition coefficient (Wildman–Crippen LogP) is 2.73. The zero-order valence-electron chi connectivity index (χ0n) is 12.0. The molecule has 4 nitrogen and oxygen atoms in total. The van der Waals surface area contributed by atoms with Crippen molar-refractivity contribution < 1.29 is 14.3 Å². The van der Waals surface area contributed by atoms with Crippen LogP contribution in [0, 0.1) is 0 Å². The molecule has 3 rings (SSSR count). The highest BCUT2D eigenvalue weighted by Gasteiger charge is 2.26. The highest BCUT2D eigenvalue weighted by Crippen LogP contribution is 2.30. The molecule has 0 saturated carbocycles. The molecule has 22 heavy (non-hydrogen) atoms. The summed E-state index contributed by atoms with van der Waals surface area (Å²) in [6.45, 7) is 0.842. The van der Waals surface area contributed by atoms with Gasteiger partial charge in [-0.15, -0.1) is 11.8 Å². The zero-order chi connectivity index (χ0) is 15.2. The molecular weight excluding hydrogens is 298 g/mol. The Morgan fingerprint density at radius 3 is 2.64 bits per heavy atom. The highest BCUT2D eigenvalue weighted by atomic mass is 32.2. The molecule has 1 aliphatic heterocycles. The molecule has 0 aromatic heterocycles. The highest BCUT2D eigenvalue weighted by molar-refractivity contribution is 7.99. The van der Waals surface area contributed by atoms with Crippen molar-refractivity contribution >= 4 is 17.7 Å². The summed E-state index contributed by atoms with van der Waals surface area (Å²) in [5.41, 5.74) is 0. The molecule has 1 atom stereocenters. The second-order valence-corrected chi connectivity index (χ2v) is 5.99. The van der Waals surface area contributed by atoms with Crippen molar-refractivity contribution in [2.45, 2.75) is 11.0 Å². The molecule has 114 valence electrons. The van der Waals surface area contributed by atoms with Gasteiger partial charge in [0.15, 0.2) is 11.5 Å². The van der Waals surface area contributed by atoms with E-state index in [1.165, 1.54) is 4.90 Å². The van der Waals surface area contributed by atoms with E-state index < -0.39 is 6.10 Å². The third kappa shape index (κ3) is 3.74. The summed E-state index contributed by atoms with van der Waals surface area (Å²) in [7, 11) is 0. The average molecular weight is 315 g/mol. The van der Waals surface area contributed by atoms with Crippen LogP contribution in [0.5, 0.6) is 11.5 Å². The summed E-state index contributed by atoms with van der Waals surface area (Å²) < 4.78 is 11.2. The van der Waals surface area contributed by atoms with Gasteiger partial charge in [0.05, 0.1) is 0 Å². The predicted molar refractivity (Wildman–Crippen MR) is 86.5 cm³/mol. The number of ether oxygens (including phenoxy) is 2. The molecule has 1 aliphatic rings. The van der Waals surface area contributed by atoms with E-state index in [2.05, 4.69) is 17.4 Å². The Morgan fingerprint density at radius 1 is 1.09 bits per heavy atom. The number of carbonyl (C=O) groups is 1. The largest absolute Gasteiger partial charge is 0.485 e. The van der Waals surface area contributed by atoms with Crippen LogP contribution >= 0.6 is 11.8 Å². The van der Waals surface area contributed by atoms with Gasteiger partial charge in [-0.3, -0.25) is 4.79 Å². The Morgan fingerprint density at radius 2 is 1.82 bits per heavy atom. The lowest BCUT2D eigenvalue weighted by molar-refractivity contribution is -0.130. The molecule has 2 aromatic carbocycles. The first-order chi connectivity index (χ1) is 10.8. The lowest BCUT2D eigenvalue weighted by Crippen LogP contribution is -2.44. The van der Waals surface area contributed by atoms with Crippen LogP contribution in [0.1, 0.15) is 0 Å². The molecule has 1 heterocycles. The molecule has 2 aromatic rings. The maximum absolute atomic E-state index is 12.1. The van der Waals surface area contributed by atoms with Crippen molar-refractivity contribution in [2.24, 2.45) is 0 Å². The Balaban J connectivity index is 1.43. The van der Waals surface area contributed by atoms with E-state index in [4.69, 9.17) is 9.47 Å². The van der Waals surface area contributed by atoms with Gasteiger partial charge in [0.2, 0.25) is 6.10 Å². The lowest BCUT2D eigenvalue weighted by Gasteiger charge is -2.25. The van der Waals surface area contributed by atoms with Crippen molar-refractivity contribution in [3.05, 3.63) is 54.6 Å². The first-order valence-electron chi connectivity index (χ1n) is 7.17. The minimum atomic E-state index is -0.586. The van der Waals surface area contributed by atoms with Crippen LogP contribution in [0.4, 0.5) is 0 Å². The molecule has 0 unspecified atom stereocenters. The monoisotopic (exact) mass is 315 g/mol. The van der Waals surface area contributed by atoms with Crippen LogP contribution in [-0.4, -0.2) is 30.9 Å². The van der Waals surface area contributed by atoms with Gasteiger partial charge >= 0.3 is 0 Å². The van der Waals surface area contributed by atoms with Crippen LogP contribution < -0.4 is 14.8 Å². The number of nitrogens with one attached hydrogen (secondary N) is 1. The smallest absolute Gasteiger partial charge is 0.264 e. The number of fused-ring (bicyclic) bond motifs is 1. The first kappa shape index (κ1) is 14.8. The molecule has 0 aliphatic carbocycles. The molecule has 0 saturated heterocycles. The fourth-order valence-corrected chi connectivity index (χ4v) is 2.91. The minimum absolute atomic E-state index is 0.136. The van der Waals surface area contributed by atoms with Crippen LogP contribution in [0.15, 0.2) is 59.5 Å². The van der Waals surface area contributed by atoms with Crippen molar-refractivity contribution in [2.75, 3.05) is 18.9 Å². The molecule has 5 heteroatoms. The van der Waals surface area contributed by atoms with Gasteiger partial charge in [-0.05, 0) is 24.3 Å². The summed E-state index contributed by atoms with van der Waals surface area (Å²) in [6, 6.07) is 17.5. The number of hydrogen-bond donors (Lipinski definition) is 1. The summed E-state index contributed by atoms with van der Waals surface area (Å²) >= 11 is 1.71. The second-order valence-electron chi connectivity index (χ2n) is 4.82. The third-order valence-corrected chi connectivity index (χ3v) is 4.23. The Hall–Kier alpha value is -2.14. The fourth-order valence-electron chi connectivity index (χ4n) is 2.12. The number of carbonyl (C=O) groups excluding carboxylic acids is 1. The maximum atomic E-state index is 12.1. The van der Waals surface area contributed by atoms with Crippen LogP contribution in [-0.2, 0) is 4.79 Å². The number of amides is 1. The van der Waals surface area contributed by atoms with Crippen molar-refractivity contribution in [1.29, 1.82) is 0 Å². The van der Waals surface area contributed by atoms with Gasteiger partial charge in [0, 0.05) is 17.2 Å². The van der Waals surface area contributed by atoms with Crippen molar-refractivity contribution in [1.82, 2.24) is 5.32 Å². The SMILES string of the molecule is O=C(NCCSc1ccccc1)[C@H]1COc2ccccc2O1. The number of rotatable bonds is 5. The van der Waals surface area contributed by atoms with Gasteiger partial charge in [-0.1, -0.05) is 30.3 Å². The fraction of sp³-hybridized carbons (Fsp3) is 0.235. The van der Waals surface area contributed by atoms with E-state index in [1.807, 2.05) is 36.4 Å². The number of hydrogen-bond acceptors (Lipinski definition) is 4. The quantitative estimate of drug-likeness (QED) is 0.681. The Kier molecular flexibility index (Phi) is 4.85. The van der Waals surface area contributed by atoms with E-state index in [9.17, 15) is 4.79 Å². The zero-order valence-corrected chi connectivity index (χ0v) is 12.8. The number of benzene rings is 2. The molecule has 0 bridgehead atoms. The van der Waals surface area contributed by atoms with E-state index in [-0.39, 0.29) is 12.5 Å². The normalized spacial score (nSPS) is 16.1. The van der Waals surface area contributed by atoms with E-state index in [0.717, 1.165) is 5.75 Å². The number of thioether (sulfide) groups is 1. The molecule has 0 fully saturated rings. The van der Waals surface area contributed by atoms with E-state index in [1.54, 1.807) is 17.8 Å². The van der Waals surface area contributed by atoms with Gasteiger partial charge in [-0.2, -0.15) is 0 Å². The first-order valence-corrected chi connectivity index (χ1v) is 8.15. The molecule has 0 spiro atoms. The Bertz CT molecular complexity index is 633. The van der Waals surface area contributed by atoms with Crippen LogP contribution in [0.2, 0.25) is 0 Å². The average Bonchev–Trinajstić information content (AvgIpc) is 2.59. The van der Waals surface area contributed by atoms with Crippen LogP contribution in [0.25, 0.3) is 0 Å². The topological polar surface area (TPSA) is 47.6 Å². The van der Waals surface area contributed by atoms with Crippen molar-refractivity contribution in [3.63, 3.8) is 0 Å². The van der Waals surface area contributed by atoms with Crippen LogP contribution in [0.3, 0.4) is 0 Å². The molecular formula is C17H17NO3S. The lowest BCUT2D eigenvalue weighted by atomic mass is 10.2.